The second-order valence-corrected chi connectivity index (χ2v) is 0. The molecule has 0 aliphatic rings. The van der Waals surface area contributed by atoms with E-state index in [4.69, 9.17) is 3.08 Å². The van der Waals surface area contributed by atoms with Gasteiger partial charge < -0.3 is 0 Å². The van der Waals surface area contributed by atoms with Gasteiger partial charge in [0.1, 0.15) is 0 Å². The van der Waals surface area contributed by atoms with Crippen molar-refractivity contribution in [2.24, 2.45) is 0 Å². The molecular formula is AlInOSnZn. The Kier molecular flexibility index (Phi) is 155. The smallest absolute Gasteiger partial charge is 0 e. The molecule has 0 amide bonds. The van der Waals surface area contributed by atoms with Crippen molar-refractivity contribution in [2.45, 2.75) is 0 Å². The van der Waals surface area contributed by atoms with Gasteiger partial charge in [0.2, 0.25) is 0 Å². The fourth-order valence-electron chi connectivity index (χ4n) is 0. The van der Waals surface area contributed by atoms with Crippen LogP contribution < -0.4 is 0 Å². The summed E-state index contributed by atoms with van der Waals surface area (Å²) in [6, 6.07) is 0. The fourth-order valence-corrected chi connectivity index (χ4v) is 0. The van der Waals surface area contributed by atoms with E-state index in [1.54, 1.807) is 0 Å². The molecule has 0 N–H and O–H groups in total. The van der Waals surface area contributed by atoms with Gasteiger partial charge in [-0.05, 0) is 0 Å². The van der Waals surface area contributed by atoms with E-state index in [9.17, 15) is 0 Å². The van der Waals surface area contributed by atoms with Gasteiger partial charge >= 0.3 is 25.6 Å². The maximum atomic E-state index is 8.34. The number of hydrogen-bond acceptors (Lipinski definition) is 1. The SMILES string of the molecule is [Al].[In].[O]=[Sn].[Zn]. The zero-order valence-electron chi connectivity index (χ0n) is 2.77. The molecule has 0 aromatic heterocycles. The van der Waals surface area contributed by atoms with Gasteiger partial charge in [0.25, 0.3) is 0 Å². The van der Waals surface area contributed by atoms with Gasteiger partial charge in [0, 0.05) is 62.7 Å². The second kappa shape index (κ2) is 30.4. The molecule has 0 heterocycles. The van der Waals surface area contributed by atoms with Crippen LogP contribution in [0.5, 0.6) is 0 Å². The van der Waals surface area contributed by atoms with Gasteiger partial charge in [-0.1, -0.05) is 0 Å². The van der Waals surface area contributed by atoms with Gasteiger partial charge in [-0.2, -0.15) is 0 Å². The Morgan fingerprint density at radius 3 is 1.20 bits per heavy atom. The van der Waals surface area contributed by atoms with E-state index in [1.165, 1.54) is 0 Å². The summed E-state index contributed by atoms with van der Waals surface area (Å²) in [5, 5.41) is 0. The Morgan fingerprint density at radius 2 is 1.20 bits per heavy atom. The van der Waals surface area contributed by atoms with Crippen LogP contribution in [-0.4, -0.2) is 65.7 Å². The summed E-state index contributed by atoms with van der Waals surface area (Å²) in [5.41, 5.74) is 0. The molecule has 8 radical (unpaired) electrons. The Balaban J connectivity index is -0.00000000167. The molecule has 5 heteroatoms. The predicted molar refractivity (Wildman–Crippen MR) is 17.9 cm³/mol. The van der Waals surface area contributed by atoms with E-state index >= 15 is 0 Å². The summed E-state index contributed by atoms with van der Waals surface area (Å²) < 4.78 is 8.34. The Hall–Kier alpha value is 2.62. The first-order chi connectivity index (χ1) is 1.00. The zero-order valence-corrected chi connectivity index (χ0v) is 13.0. The molecule has 0 spiro atoms. The molecule has 0 aliphatic carbocycles. The van der Waals surface area contributed by atoms with Crippen molar-refractivity contribution in [1.82, 2.24) is 0 Å². The summed E-state index contributed by atoms with van der Waals surface area (Å²) in [6.45, 7) is 0. The summed E-state index contributed by atoms with van der Waals surface area (Å²) in [5.74, 6) is 0. The summed E-state index contributed by atoms with van der Waals surface area (Å²) >= 11 is 0.300. The normalized spacial score (nSPS) is 0.800. The van der Waals surface area contributed by atoms with Gasteiger partial charge in [0.15, 0.2) is 0 Å². The van der Waals surface area contributed by atoms with Crippen LogP contribution >= 0.6 is 0 Å². The van der Waals surface area contributed by atoms with E-state index in [1.807, 2.05) is 0 Å². The average molecular weight is 342 g/mol. The summed E-state index contributed by atoms with van der Waals surface area (Å²) in [4.78, 5) is 0. The van der Waals surface area contributed by atoms with Crippen LogP contribution in [0.2, 0.25) is 0 Å². The predicted octanol–water partition coefficient (Wildman–Crippen LogP) is -1.26. The van der Waals surface area contributed by atoms with Crippen molar-refractivity contribution < 1.29 is 22.6 Å². The van der Waals surface area contributed by atoms with Crippen molar-refractivity contribution in [1.29, 1.82) is 0 Å². The van der Waals surface area contributed by atoms with E-state index in [0.29, 0.717) is 22.5 Å². The quantitative estimate of drug-likeness (QED) is 0.503. The van der Waals surface area contributed by atoms with Crippen molar-refractivity contribution in [3.63, 3.8) is 0 Å². The monoisotopic (exact) mass is 342 g/mol. The summed E-state index contributed by atoms with van der Waals surface area (Å²) in [6.07, 6.45) is 0. The molecule has 0 saturated carbocycles. The van der Waals surface area contributed by atoms with Crippen LogP contribution in [-0.2, 0) is 22.6 Å². The number of hydrogen-bond donors (Lipinski definition) is 0. The van der Waals surface area contributed by atoms with Crippen LogP contribution in [0.25, 0.3) is 0 Å². The van der Waals surface area contributed by atoms with Crippen LogP contribution in [0.1, 0.15) is 0 Å². The largest absolute Gasteiger partial charge is 0 e. The molecule has 1 nitrogen and oxygen atoms in total. The minimum Gasteiger partial charge on any atom is 0 e. The maximum Gasteiger partial charge on any atom is 0 e. The Labute approximate surface area is 86.8 Å². The van der Waals surface area contributed by atoms with Crippen LogP contribution in [0.3, 0.4) is 0 Å². The molecular weight excluding hydrogens is 342 g/mol. The van der Waals surface area contributed by atoms with E-state index in [2.05, 4.69) is 0 Å². The molecule has 0 atom stereocenters. The maximum absolute atomic E-state index is 8.34. The molecule has 0 aromatic carbocycles. The number of rotatable bonds is 0. The first-order valence-electron chi connectivity index (χ1n) is 0.204. The Bertz CT molecular complexity index is 11.6. The van der Waals surface area contributed by atoms with Crippen molar-refractivity contribution in [3.8, 4) is 0 Å². The van der Waals surface area contributed by atoms with Crippen molar-refractivity contribution >= 4 is 65.7 Å². The van der Waals surface area contributed by atoms with Crippen molar-refractivity contribution in [3.05, 3.63) is 0 Å². The molecule has 5 heavy (non-hydrogen) atoms. The molecule has 0 aromatic rings. The van der Waals surface area contributed by atoms with Gasteiger partial charge in [-0.25, -0.2) is 0 Å². The topological polar surface area (TPSA) is 17.1 Å². The van der Waals surface area contributed by atoms with Crippen molar-refractivity contribution in [2.75, 3.05) is 0 Å². The molecule has 0 unspecified atom stereocenters. The first kappa shape index (κ1) is 25.5. The third kappa shape index (κ3) is 20.6. The van der Waals surface area contributed by atoms with Crippen LogP contribution in [0.15, 0.2) is 0 Å². The molecule has 0 bridgehead atoms. The van der Waals surface area contributed by atoms with E-state index < -0.39 is 0 Å². The van der Waals surface area contributed by atoms with Crippen LogP contribution in [0.4, 0.5) is 0 Å². The standard InChI is InChI=1S/Al.In.O.Sn.Zn. The van der Waals surface area contributed by atoms with Gasteiger partial charge in [0.05, 0.1) is 0 Å². The first-order valence-corrected chi connectivity index (χ1v) is 1.37. The molecule has 0 rings (SSSR count). The average Bonchev–Trinajstić information content (AvgIpc) is 1.00. The fraction of sp³-hybridized carbons (Fsp3) is 0. The Morgan fingerprint density at radius 1 is 1.20 bits per heavy atom. The molecule has 18 valence electrons. The molecule has 0 fully saturated rings. The van der Waals surface area contributed by atoms with Gasteiger partial charge in [-0.15, -0.1) is 0 Å². The minimum atomic E-state index is 0. The second-order valence-electron chi connectivity index (χ2n) is 0. The molecule has 0 aliphatic heterocycles. The minimum absolute atomic E-state index is 0. The third-order valence-corrected chi connectivity index (χ3v) is 0. The zero-order chi connectivity index (χ0) is 2.00. The van der Waals surface area contributed by atoms with Gasteiger partial charge in [-0.3, -0.25) is 0 Å². The van der Waals surface area contributed by atoms with E-state index in [0.717, 1.165) is 0 Å². The summed E-state index contributed by atoms with van der Waals surface area (Å²) in [7, 11) is 0. The van der Waals surface area contributed by atoms with Crippen LogP contribution in [0, 0.1) is 0 Å². The third-order valence-electron chi connectivity index (χ3n) is 0. The molecule has 0 saturated heterocycles. The van der Waals surface area contributed by atoms with E-state index in [-0.39, 0.29) is 62.7 Å².